The highest BCUT2D eigenvalue weighted by molar-refractivity contribution is 5.90. The lowest BCUT2D eigenvalue weighted by molar-refractivity contribution is -0.159. The molecule has 1 N–H and O–H groups in total. The van der Waals surface area contributed by atoms with Gasteiger partial charge in [-0.2, -0.15) is 0 Å². The molecule has 5 heteroatoms. The second kappa shape index (κ2) is 3.95. The average Bonchev–Trinajstić information content (AvgIpc) is 3.01. The number of carbonyl (C=O) groups excluding carboxylic acids is 2. The number of amides is 2. The van der Waals surface area contributed by atoms with E-state index in [-0.39, 0.29) is 23.8 Å². The van der Waals surface area contributed by atoms with Gasteiger partial charge in [-0.15, -0.1) is 0 Å². The number of likely N-dealkylation sites (tertiary alicyclic amines) is 2. The number of aliphatic hydroxyl groups is 1. The summed E-state index contributed by atoms with van der Waals surface area (Å²) >= 11 is 0. The number of hydrogen-bond acceptors (Lipinski definition) is 3. The zero-order valence-electron chi connectivity index (χ0n) is 10.8. The fraction of sp³-hybridized carbons (Fsp3) is 0.846. The van der Waals surface area contributed by atoms with E-state index in [2.05, 4.69) is 0 Å². The normalized spacial score (nSPS) is 30.2. The lowest BCUT2D eigenvalue weighted by Gasteiger charge is -2.45. The Morgan fingerprint density at radius 2 is 1.83 bits per heavy atom. The van der Waals surface area contributed by atoms with Gasteiger partial charge in [0.1, 0.15) is 6.04 Å². The van der Waals surface area contributed by atoms with E-state index < -0.39 is 5.60 Å². The molecule has 1 saturated carbocycles. The van der Waals surface area contributed by atoms with Crippen LogP contribution in [0.15, 0.2) is 0 Å². The molecule has 18 heavy (non-hydrogen) atoms. The monoisotopic (exact) mass is 252 g/mol. The van der Waals surface area contributed by atoms with Crippen molar-refractivity contribution in [1.82, 2.24) is 9.80 Å². The minimum atomic E-state index is -0.737. The van der Waals surface area contributed by atoms with Crippen molar-refractivity contribution in [1.29, 1.82) is 0 Å². The van der Waals surface area contributed by atoms with Crippen molar-refractivity contribution in [3.05, 3.63) is 0 Å². The summed E-state index contributed by atoms with van der Waals surface area (Å²) < 4.78 is 0. The fourth-order valence-electron chi connectivity index (χ4n) is 2.99. The van der Waals surface area contributed by atoms with Gasteiger partial charge in [-0.3, -0.25) is 9.59 Å². The fourth-order valence-corrected chi connectivity index (χ4v) is 2.99. The number of nitrogens with zero attached hydrogens (tertiary/aromatic N) is 2. The smallest absolute Gasteiger partial charge is 0.245 e. The van der Waals surface area contributed by atoms with Crippen LogP contribution in [0.4, 0.5) is 0 Å². The number of carbonyl (C=O) groups is 2. The number of hydrogen-bond donors (Lipinski definition) is 1. The van der Waals surface area contributed by atoms with Crippen molar-refractivity contribution in [2.75, 3.05) is 19.6 Å². The van der Waals surface area contributed by atoms with Crippen LogP contribution in [0.1, 0.15) is 32.6 Å². The van der Waals surface area contributed by atoms with Crippen LogP contribution in [-0.2, 0) is 9.59 Å². The highest BCUT2D eigenvalue weighted by Gasteiger charge is 2.46. The number of β-amino-alcohol motifs (C(OH)–C–C–N with tert-alkyl or cyclic N) is 1. The van der Waals surface area contributed by atoms with Crippen LogP contribution >= 0.6 is 0 Å². The van der Waals surface area contributed by atoms with Crippen LogP contribution in [0.25, 0.3) is 0 Å². The minimum absolute atomic E-state index is 0.0213. The maximum atomic E-state index is 12.3. The highest BCUT2D eigenvalue weighted by atomic mass is 16.3. The van der Waals surface area contributed by atoms with E-state index in [0.29, 0.717) is 13.1 Å². The van der Waals surface area contributed by atoms with E-state index >= 15 is 0 Å². The van der Waals surface area contributed by atoms with Gasteiger partial charge in [0.25, 0.3) is 0 Å². The third-order valence-corrected chi connectivity index (χ3v) is 4.12. The van der Waals surface area contributed by atoms with E-state index in [9.17, 15) is 14.7 Å². The first-order chi connectivity index (χ1) is 8.48. The summed E-state index contributed by atoms with van der Waals surface area (Å²) in [5, 5.41) is 9.67. The largest absolute Gasteiger partial charge is 0.386 e. The summed E-state index contributed by atoms with van der Waals surface area (Å²) in [6.07, 6.45) is 3.65. The van der Waals surface area contributed by atoms with E-state index in [0.717, 1.165) is 32.2 Å². The Kier molecular flexibility index (Phi) is 2.62. The third kappa shape index (κ3) is 2.00. The number of rotatable bonds is 2. The van der Waals surface area contributed by atoms with Gasteiger partial charge in [-0.1, -0.05) is 0 Å². The van der Waals surface area contributed by atoms with Crippen molar-refractivity contribution >= 4 is 11.8 Å². The van der Waals surface area contributed by atoms with Gasteiger partial charge in [0.15, 0.2) is 0 Å². The molecule has 0 aromatic heterocycles. The summed E-state index contributed by atoms with van der Waals surface area (Å²) in [6, 6.07) is -0.269. The lowest BCUT2D eigenvalue weighted by atomic mass is 9.95. The van der Waals surface area contributed by atoms with Crippen molar-refractivity contribution in [2.24, 2.45) is 5.92 Å². The molecule has 0 spiro atoms. The second-order valence-corrected chi connectivity index (χ2v) is 6.16. The molecule has 0 aromatic carbocycles. The first-order valence-electron chi connectivity index (χ1n) is 6.80. The standard InChI is InChI=1S/C13H20N2O3/c1-13(18)7-14(8-13)12(17)10-3-2-6-15(10)11(16)9-4-5-9/h9-10,18H,2-8H2,1H3. The van der Waals surface area contributed by atoms with E-state index in [1.807, 2.05) is 0 Å². The molecule has 1 unspecified atom stereocenters. The van der Waals surface area contributed by atoms with E-state index in [4.69, 9.17) is 0 Å². The van der Waals surface area contributed by atoms with Crippen LogP contribution < -0.4 is 0 Å². The zero-order chi connectivity index (χ0) is 12.9. The molecule has 2 saturated heterocycles. The Labute approximate surface area is 107 Å². The predicted octanol–water partition coefficient (Wildman–Crippen LogP) is -0.0194. The van der Waals surface area contributed by atoms with Gasteiger partial charge in [0.05, 0.1) is 18.7 Å². The van der Waals surface area contributed by atoms with E-state index in [1.165, 1.54) is 0 Å². The van der Waals surface area contributed by atoms with Crippen LogP contribution in [0.2, 0.25) is 0 Å². The maximum absolute atomic E-state index is 12.3. The van der Waals surface area contributed by atoms with Crippen LogP contribution in [0.3, 0.4) is 0 Å². The molecular weight excluding hydrogens is 232 g/mol. The van der Waals surface area contributed by atoms with Crippen molar-refractivity contribution < 1.29 is 14.7 Å². The zero-order valence-corrected chi connectivity index (χ0v) is 10.8. The SMILES string of the molecule is CC1(O)CN(C(=O)C2CCCN2C(=O)C2CC2)C1. The summed E-state index contributed by atoms with van der Waals surface area (Å²) in [5.41, 5.74) is -0.737. The Balaban J connectivity index is 1.64. The second-order valence-electron chi connectivity index (χ2n) is 6.16. The maximum Gasteiger partial charge on any atom is 0.245 e. The van der Waals surface area contributed by atoms with Crippen molar-refractivity contribution in [3.63, 3.8) is 0 Å². The molecule has 1 atom stereocenters. The molecule has 5 nitrogen and oxygen atoms in total. The van der Waals surface area contributed by atoms with Gasteiger partial charge in [-0.25, -0.2) is 0 Å². The van der Waals surface area contributed by atoms with Gasteiger partial charge in [0.2, 0.25) is 11.8 Å². The molecule has 0 bridgehead atoms. The Morgan fingerprint density at radius 3 is 2.39 bits per heavy atom. The van der Waals surface area contributed by atoms with Crippen molar-refractivity contribution in [3.8, 4) is 0 Å². The van der Waals surface area contributed by atoms with Crippen LogP contribution in [0, 0.1) is 5.92 Å². The molecule has 0 aromatic rings. The minimum Gasteiger partial charge on any atom is -0.386 e. The summed E-state index contributed by atoms with van der Waals surface area (Å²) in [6.45, 7) is 3.25. The molecule has 2 amide bonds. The Bertz CT molecular complexity index is 382. The lowest BCUT2D eigenvalue weighted by Crippen LogP contribution is -2.64. The van der Waals surface area contributed by atoms with Crippen LogP contribution in [-0.4, -0.2) is 58.0 Å². The summed E-state index contributed by atoms with van der Waals surface area (Å²) in [4.78, 5) is 27.8. The van der Waals surface area contributed by atoms with Crippen LogP contribution in [0.5, 0.6) is 0 Å². The van der Waals surface area contributed by atoms with Crippen molar-refractivity contribution in [2.45, 2.75) is 44.2 Å². The molecular formula is C13H20N2O3. The van der Waals surface area contributed by atoms with Gasteiger partial charge >= 0.3 is 0 Å². The Morgan fingerprint density at radius 1 is 1.17 bits per heavy atom. The molecule has 3 aliphatic rings. The first-order valence-corrected chi connectivity index (χ1v) is 6.80. The quantitative estimate of drug-likeness (QED) is 0.751. The molecule has 0 radical (unpaired) electrons. The molecule has 100 valence electrons. The molecule has 2 heterocycles. The Hall–Kier alpha value is -1.10. The topological polar surface area (TPSA) is 60.9 Å². The highest BCUT2D eigenvalue weighted by Crippen LogP contribution is 2.34. The average molecular weight is 252 g/mol. The molecule has 3 rings (SSSR count). The summed E-state index contributed by atoms with van der Waals surface area (Å²) in [7, 11) is 0. The molecule has 3 fully saturated rings. The van der Waals surface area contributed by atoms with Gasteiger partial charge < -0.3 is 14.9 Å². The summed E-state index contributed by atoms with van der Waals surface area (Å²) in [5.74, 6) is 0.365. The predicted molar refractivity (Wildman–Crippen MR) is 64.7 cm³/mol. The van der Waals surface area contributed by atoms with Gasteiger partial charge in [-0.05, 0) is 32.6 Å². The molecule has 2 aliphatic heterocycles. The van der Waals surface area contributed by atoms with E-state index in [1.54, 1.807) is 16.7 Å². The molecule has 1 aliphatic carbocycles. The van der Waals surface area contributed by atoms with Gasteiger partial charge in [0, 0.05) is 12.5 Å². The third-order valence-electron chi connectivity index (χ3n) is 4.12. The first kappa shape index (κ1) is 12.0.